The molecular weight excluding hydrogens is 342 g/mol. The summed E-state index contributed by atoms with van der Waals surface area (Å²) in [6, 6.07) is 5.39. The standard InChI is InChI=1S/C17H11N3O4S/c1-23-14-5-9(2-3-19-14)12-8-18-7-10-4-11(24-15(10)12)6-13-16(21)20-17(22)25-13/h2-8H,1H3,(H,20,21,22). The Labute approximate surface area is 146 Å². The zero-order valence-corrected chi connectivity index (χ0v) is 13.8. The van der Waals surface area contributed by atoms with Crippen molar-refractivity contribution in [1.82, 2.24) is 15.3 Å². The van der Waals surface area contributed by atoms with Crippen LogP contribution in [0.5, 0.6) is 5.88 Å². The lowest BCUT2D eigenvalue weighted by molar-refractivity contribution is -0.115. The highest BCUT2D eigenvalue weighted by Gasteiger charge is 2.25. The third kappa shape index (κ3) is 2.87. The van der Waals surface area contributed by atoms with E-state index in [1.807, 2.05) is 6.07 Å². The SMILES string of the molecule is COc1cc(-c2cncc3cc(C=C4SC(=O)NC4=O)oc23)ccn1. The Morgan fingerprint density at radius 1 is 1.28 bits per heavy atom. The van der Waals surface area contributed by atoms with E-state index in [2.05, 4.69) is 15.3 Å². The van der Waals surface area contributed by atoms with Crippen LogP contribution in [0.1, 0.15) is 5.76 Å². The van der Waals surface area contributed by atoms with Crippen LogP contribution in [0.3, 0.4) is 0 Å². The number of nitrogens with zero attached hydrogens (tertiary/aromatic N) is 2. The summed E-state index contributed by atoms with van der Waals surface area (Å²) in [5.41, 5.74) is 2.26. The number of hydrogen-bond acceptors (Lipinski definition) is 7. The van der Waals surface area contributed by atoms with E-state index < -0.39 is 11.1 Å². The van der Waals surface area contributed by atoms with E-state index in [1.165, 1.54) is 0 Å². The fourth-order valence-corrected chi connectivity index (χ4v) is 3.16. The number of amides is 2. The highest BCUT2D eigenvalue weighted by molar-refractivity contribution is 8.18. The minimum Gasteiger partial charge on any atom is -0.481 e. The highest BCUT2D eigenvalue weighted by Crippen LogP contribution is 2.33. The molecule has 4 heterocycles. The van der Waals surface area contributed by atoms with Crippen LogP contribution in [0.4, 0.5) is 4.79 Å². The van der Waals surface area contributed by atoms with Gasteiger partial charge in [0.05, 0.1) is 12.0 Å². The van der Waals surface area contributed by atoms with Crippen molar-refractivity contribution in [3.8, 4) is 17.0 Å². The van der Waals surface area contributed by atoms with Crippen molar-refractivity contribution in [2.75, 3.05) is 7.11 Å². The van der Waals surface area contributed by atoms with Crippen LogP contribution in [0.15, 0.2) is 46.1 Å². The van der Waals surface area contributed by atoms with E-state index in [9.17, 15) is 9.59 Å². The van der Waals surface area contributed by atoms with Crippen molar-refractivity contribution in [2.45, 2.75) is 0 Å². The summed E-state index contributed by atoms with van der Waals surface area (Å²) in [5, 5.41) is 2.61. The third-order valence-corrected chi connectivity index (χ3v) is 4.42. The molecule has 8 heteroatoms. The zero-order valence-electron chi connectivity index (χ0n) is 13.0. The van der Waals surface area contributed by atoms with E-state index in [1.54, 1.807) is 43.9 Å². The van der Waals surface area contributed by atoms with Gasteiger partial charge in [-0.15, -0.1) is 0 Å². The summed E-state index contributed by atoms with van der Waals surface area (Å²) in [4.78, 5) is 31.5. The van der Waals surface area contributed by atoms with Gasteiger partial charge in [0.25, 0.3) is 11.1 Å². The van der Waals surface area contributed by atoms with Crippen molar-refractivity contribution in [3.05, 3.63) is 47.5 Å². The summed E-state index contributed by atoms with van der Waals surface area (Å²) < 4.78 is 11.0. The Morgan fingerprint density at radius 3 is 2.92 bits per heavy atom. The van der Waals surface area contributed by atoms with Gasteiger partial charge in [-0.05, 0) is 29.5 Å². The quantitative estimate of drug-likeness (QED) is 0.722. The lowest BCUT2D eigenvalue weighted by atomic mass is 10.1. The molecule has 0 unspecified atom stereocenters. The number of nitrogens with one attached hydrogen (secondary N) is 1. The molecule has 3 aromatic rings. The Kier molecular flexibility index (Phi) is 3.73. The molecule has 0 atom stereocenters. The first-order valence-electron chi connectivity index (χ1n) is 7.27. The summed E-state index contributed by atoms with van der Waals surface area (Å²) in [5.74, 6) is 0.534. The molecule has 4 rings (SSSR count). The molecule has 0 bridgehead atoms. The van der Waals surface area contributed by atoms with Gasteiger partial charge in [0.1, 0.15) is 11.3 Å². The third-order valence-electron chi connectivity index (χ3n) is 3.61. The Morgan fingerprint density at radius 2 is 2.16 bits per heavy atom. The number of pyridine rings is 2. The van der Waals surface area contributed by atoms with Crippen molar-refractivity contribution >= 4 is 40.0 Å². The first-order chi connectivity index (χ1) is 12.1. The molecule has 0 aliphatic carbocycles. The van der Waals surface area contributed by atoms with E-state index in [4.69, 9.17) is 9.15 Å². The van der Waals surface area contributed by atoms with Gasteiger partial charge in [0.2, 0.25) is 5.88 Å². The fraction of sp³-hybridized carbons (Fsp3) is 0.0588. The molecule has 1 aliphatic heterocycles. The van der Waals surface area contributed by atoms with Crippen LogP contribution < -0.4 is 10.1 Å². The van der Waals surface area contributed by atoms with E-state index in [0.29, 0.717) is 22.1 Å². The number of carbonyl (C=O) groups is 2. The second kappa shape index (κ2) is 6.06. The predicted molar refractivity (Wildman–Crippen MR) is 92.9 cm³/mol. The molecule has 0 spiro atoms. The molecule has 2 amide bonds. The maximum Gasteiger partial charge on any atom is 0.290 e. The van der Waals surface area contributed by atoms with Crippen LogP contribution in [-0.2, 0) is 4.79 Å². The maximum absolute atomic E-state index is 11.7. The van der Waals surface area contributed by atoms with Crippen LogP contribution in [0, 0.1) is 0 Å². The van der Waals surface area contributed by atoms with Gasteiger partial charge in [0, 0.05) is 41.7 Å². The summed E-state index contributed by atoms with van der Waals surface area (Å²) in [7, 11) is 1.55. The first kappa shape index (κ1) is 15.4. The lowest BCUT2D eigenvalue weighted by Crippen LogP contribution is -2.17. The van der Waals surface area contributed by atoms with Crippen molar-refractivity contribution in [3.63, 3.8) is 0 Å². The van der Waals surface area contributed by atoms with E-state index in [-0.39, 0.29) is 0 Å². The average Bonchev–Trinajstić information content (AvgIpc) is 3.17. The van der Waals surface area contributed by atoms with Crippen molar-refractivity contribution in [2.24, 2.45) is 0 Å². The topological polar surface area (TPSA) is 94.3 Å². The number of thioether (sulfide) groups is 1. The molecule has 1 saturated heterocycles. The second-order valence-corrected chi connectivity index (χ2v) is 6.21. The smallest absolute Gasteiger partial charge is 0.290 e. The van der Waals surface area contributed by atoms with Crippen LogP contribution in [0.25, 0.3) is 28.2 Å². The summed E-state index contributed by atoms with van der Waals surface area (Å²) >= 11 is 0.845. The molecule has 0 radical (unpaired) electrons. The van der Waals surface area contributed by atoms with Gasteiger partial charge in [-0.1, -0.05) is 0 Å². The number of methoxy groups -OCH3 is 1. The molecule has 25 heavy (non-hydrogen) atoms. The number of rotatable bonds is 3. The number of furan rings is 1. The molecule has 7 nitrogen and oxygen atoms in total. The number of imide groups is 1. The number of carbonyl (C=O) groups excluding carboxylic acids is 2. The number of aromatic nitrogens is 2. The van der Waals surface area contributed by atoms with E-state index in [0.717, 1.165) is 28.3 Å². The Hall–Kier alpha value is -3.13. The van der Waals surface area contributed by atoms with Crippen molar-refractivity contribution < 1.29 is 18.7 Å². The molecule has 0 saturated carbocycles. The second-order valence-electron chi connectivity index (χ2n) is 5.19. The van der Waals surface area contributed by atoms with Crippen LogP contribution >= 0.6 is 11.8 Å². The first-order valence-corrected chi connectivity index (χ1v) is 8.08. The Balaban J connectivity index is 1.80. The van der Waals surface area contributed by atoms with Gasteiger partial charge >= 0.3 is 0 Å². The Bertz CT molecular complexity index is 1040. The van der Waals surface area contributed by atoms with Crippen molar-refractivity contribution in [1.29, 1.82) is 0 Å². The minimum atomic E-state index is -0.423. The molecule has 0 aromatic carbocycles. The molecule has 124 valence electrons. The fourth-order valence-electron chi connectivity index (χ4n) is 2.50. The molecule has 3 aromatic heterocycles. The van der Waals surface area contributed by atoms with E-state index >= 15 is 0 Å². The lowest BCUT2D eigenvalue weighted by Gasteiger charge is -2.04. The highest BCUT2D eigenvalue weighted by atomic mass is 32.2. The van der Waals surface area contributed by atoms with Gasteiger partial charge in [-0.2, -0.15) is 0 Å². The van der Waals surface area contributed by atoms with Gasteiger partial charge in [-0.25, -0.2) is 4.98 Å². The summed E-state index contributed by atoms with van der Waals surface area (Å²) in [6.07, 6.45) is 6.56. The average molecular weight is 353 g/mol. The number of ether oxygens (including phenoxy) is 1. The van der Waals surface area contributed by atoms with Gasteiger partial charge in [0.15, 0.2) is 0 Å². The van der Waals surface area contributed by atoms with Crippen LogP contribution in [0.2, 0.25) is 0 Å². The monoisotopic (exact) mass is 353 g/mol. The maximum atomic E-state index is 11.7. The largest absolute Gasteiger partial charge is 0.481 e. The number of fused-ring (bicyclic) bond motifs is 1. The molecule has 1 N–H and O–H groups in total. The number of hydrogen-bond donors (Lipinski definition) is 1. The zero-order chi connectivity index (χ0) is 17.4. The van der Waals surface area contributed by atoms with Crippen LogP contribution in [-0.4, -0.2) is 28.2 Å². The predicted octanol–water partition coefficient (Wildman–Crippen LogP) is 3.22. The summed E-state index contributed by atoms with van der Waals surface area (Å²) in [6.45, 7) is 0. The minimum absolute atomic E-state index is 0.296. The molecule has 1 aliphatic rings. The van der Waals surface area contributed by atoms with Gasteiger partial charge in [-0.3, -0.25) is 19.9 Å². The molecule has 1 fully saturated rings. The van der Waals surface area contributed by atoms with Gasteiger partial charge < -0.3 is 9.15 Å². The molecular formula is C17H11N3O4S. The normalized spacial score (nSPS) is 15.8.